The van der Waals surface area contributed by atoms with E-state index in [0.717, 1.165) is 9.13 Å². The van der Waals surface area contributed by atoms with Crippen LogP contribution in [0, 0.1) is 3.57 Å². The van der Waals surface area contributed by atoms with Crippen molar-refractivity contribution in [1.29, 1.82) is 0 Å². The summed E-state index contributed by atoms with van der Waals surface area (Å²) in [5, 5.41) is 0. The minimum Gasteiger partial charge on any atom is -0.289 e. The summed E-state index contributed by atoms with van der Waals surface area (Å²) in [5.74, 6) is -0.0382. The van der Waals surface area contributed by atoms with Crippen LogP contribution < -0.4 is 0 Å². The Labute approximate surface area is 129 Å². The van der Waals surface area contributed by atoms with Crippen LogP contribution in [-0.4, -0.2) is 21.7 Å². The lowest BCUT2D eigenvalue weighted by Crippen LogP contribution is -2.27. The Hall–Kier alpha value is -0.660. The fourth-order valence-corrected chi connectivity index (χ4v) is 3.38. The zero-order valence-corrected chi connectivity index (χ0v) is 13.2. The van der Waals surface area contributed by atoms with Crippen LogP contribution in [0.15, 0.2) is 41.8 Å². The van der Waals surface area contributed by atoms with E-state index in [0.29, 0.717) is 15.8 Å². The molecule has 1 saturated heterocycles. The van der Waals surface area contributed by atoms with Gasteiger partial charge in [-0.05, 0) is 46.4 Å². The molecule has 0 atom stereocenters. The van der Waals surface area contributed by atoms with Gasteiger partial charge in [-0.15, -0.1) is 6.58 Å². The van der Waals surface area contributed by atoms with Crippen LogP contribution in [0.1, 0.15) is 5.56 Å². The second kappa shape index (κ2) is 5.99. The Balaban J connectivity index is 2.27. The van der Waals surface area contributed by atoms with E-state index < -0.39 is 0 Å². The molecule has 0 N–H and O–H groups in total. The molecule has 0 radical (unpaired) electrons. The molecule has 1 amide bonds. The van der Waals surface area contributed by atoms with Crippen LogP contribution in [0.2, 0.25) is 0 Å². The topological polar surface area (TPSA) is 20.3 Å². The van der Waals surface area contributed by atoms with Gasteiger partial charge >= 0.3 is 0 Å². The summed E-state index contributed by atoms with van der Waals surface area (Å²) in [6.45, 7) is 4.10. The summed E-state index contributed by atoms with van der Waals surface area (Å²) in [7, 11) is 0. The highest BCUT2D eigenvalue weighted by molar-refractivity contribution is 14.1. The number of rotatable bonds is 3. The van der Waals surface area contributed by atoms with Crippen molar-refractivity contribution >= 4 is 62.9 Å². The van der Waals surface area contributed by atoms with Crippen molar-refractivity contribution in [2.75, 3.05) is 6.54 Å². The molecule has 1 aliphatic heterocycles. The van der Waals surface area contributed by atoms with Crippen molar-refractivity contribution in [2.45, 2.75) is 0 Å². The van der Waals surface area contributed by atoms with Gasteiger partial charge in [0.1, 0.15) is 4.32 Å². The van der Waals surface area contributed by atoms with Gasteiger partial charge in [0.25, 0.3) is 5.91 Å². The van der Waals surface area contributed by atoms with Gasteiger partial charge in [-0.2, -0.15) is 0 Å². The maximum absolute atomic E-state index is 12.1. The van der Waals surface area contributed by atoms with Crippen molar-refractivity contribution in [1.82, 2.24) is 4.90 Å². The zero-order valence-electron chi connectivity index (χ0n) is 9.43. The zero-order chi connectivity index (χ0) is 13.1. The van der Waals surface area contributed by atoms with E-state index in [4.69, 9.17) is 12.2 Å². The highest BCUT2D eigenvalue weighted by Crippen LogP contribution is 2.32. The number of hydrogen-bond donors (Lipinski definition) is 0. The molecule has 0 aliphatic carbocycles. The number of nitrogens with zero attached hydrogens (tertiary/aromatic N) is 1. The Morgan fingerprint density at radius 1 is 1.50 bits per heavy atom. The molecule has 5 heteroatoms. The van der Waals surface area contributed by atoms with Crippen molar-refractivity contribution in [3.8, 4) is 0 Å². The molecule has 1 aliphatic rings. The van der Waals surface area contributed by atoms with Crippen molar-refractivity contribution in [3.63, 3.8) is 0 Å². The Kier molecular flexibility index (Phi) is 4.58. The molecule has 0 aromatic heterocycles. The van der Waals surface area contributed by atoms with Crippen LogP contribution in [0.3, 0.4) is 0 Å². The molecule has 1 fully saturated rings. The lowest BCUT2D eigenvalue weighted by molar-refractivity contribution is -0.121. The molecule has 18 heavy (non-hydrogen) atoms. The van der Waals surface area contributed by atoms with Crippen molar-refractivity contribution < 1.29 is 4.79 Å². The van der Waals surface area contributed by atoms with E-state index in [1.54, 1.807) is 11.0 Å². The number of hydrogen-bond acceptors (Lipinski definition) is 3. The van der Waals surface area contributed by atoms with Gasteiger partial charge in [0.15, 0.2) is 0 Å². The molecular formula is C13H10INOS2. The minimum atomic E-state index is -0.0382. The fraction of sp³-hybridized carbons (Fsp3) is 0.0769. The highest BCUT2D eigenvalue weighted by Gasteiger charge is 2.30. The molecule has 0 saturated carbocycles. The number of thiocarbonyl (C=S) groups is 1. The van der Waals surface area contributed by atoms with Gasteiger partial charge in [-0.3, -0.25) is 9.69 Å². The lowest BCUT2D eigenvalue weighted by atomic mass is 10.2. The molecular weight excluding hydrogens is 377 g/mol. The average molecular weight is 387 g/mol. The third-order valence-corrected chi connectivity index (χ3v) is 4.38. The first-order chi connectivity index (χ1) is 8.61. The fourth-order valence-electron chi connectivity index (χ4n) is 1.53. The van der Waals surface area contributed by atoms with E-state index in [9.17, 15) is 4.79 Å². The molecule has 1 aromatic carbocycles. The standard InChI is InChI=1S/C13H10INOS2/c1-2-6-15-12(16)11(18-13(15)17)8-9-4-3-5-10(14)7-9/h2-5,7-8H,1,6H2. The van der Waals surface area contributed by atoms with Gasteiger partial charge in [0.05, 0.1) is 4.91 Å². The van der Waals surface area contributed by atoms with E-state index in [1.807, 2.05) is 30.3 Å². The van der Waals surface area contributed by atoms with E-state index in [1.165, 1.54) is 11.8 Å². The maximum Gasteiger partial charge on any atom is 0.266 e. The monoisotopic (exact) mass is 387 g/mol. The lowest BCUT2D eigenvalue weighted by Gasteiger charge is -2.10. The summed E-state index contributed by atoms with van der Waals surface area (Å²) < 4.78 is 1.74. The first-order valence-electron chi connectivity index (χ1n) is 5.23. The summed E-state index contributed by atoms with van der Waals surface area (Å²) in [6.07, 6.45) is 3.56. The number of thioether (sulfide) groups is 1. The first-order valence-corrected chi connectivity index (χ1v) is 7.54. The second-order valence-electron chi connectivity index (χ2n) is 3.64. The average Bonchev–Trinajstić information content (AvgIpc) is 2.57. The van der Waals surface area contributed by atoms with Crippen LogP contribution in [0.4, 0.5) is 0 Å². The van der Waals surface area contributed by atoms with Crippen LogP contribution in [-0.2, 0) is 4.79 Å². The molecule has 1 heterocycles. The molecule has 0 unspecified atom stereocenters. The normalized spacial score (nSPS) is 17.6. The third kappa shape index (κ3) is 3.02. The van der Waals surface area contributed by atoms with Gasteiger partial charge in [0.2, 0.25) is 0 Å². The molecule has 0 bridgehead atoms. The quantitative estimate of drug-likeness (QED) is 0.342. The first kappa shape index (κ1) is 13.8. The summed E-state index contributed by atoms with van der Waals surface area (Å²) in [4.78, 5) is 14.3. The number of amides is 1. The molecule has 92 valence electrons. The van der Waals surface area contributed by atoms with Gasteiger partial charge in [-0.1, -0.05) is 42.2 Å². The number of halogens is 1. The second-order valence-corrected chi connectivity index (χ2v) is 6.56. The largest absolute Gasteiger partial charge is 0.289 e. The van der Waals surface area contributed by atoms with Gasteiger partial charge in [-0.25, -0.2) is 0 Å². The predicted octanol–water partition coefficient (Wildman–Crippen LogP) is 3.68. The molecule has 0 spiro atoms. The molecule has 2 nitrogen and oxygen atoms in total. The summed E-state index contributed by atoms with van der Waals surface area (Å²) in [6, 6.07) is 7.99. The highest BCUT2D eigenvalue weighted by atomic mass is 127. The van der Waals surface area contributed by atoms with Crippen LogP contribution in [0.5, 0.6) is 0 Å². The van der Waals surface area contributed by atoms with E-state index >= 15 is 0 Å². The number of carbonyl (C=O) groups is 1. The molecule has 2 rings (SSSR count). The Morgan fingerprint density at radius 3 is 2.94 bits per heavy atom. The predicted molar refractivity (Wildman–Crippen MR) is 89.2 cm³/mol. The smallest absolute Gasteiger partial charge is 0.266 e. The maximum atomic E-state index is 12.1. The van der Waals surface area contributed by atoms with Crippen molar-refractivity contribution in [3.05, 3.63) is 51.0 Å². The Bertz CT molecular complexity index is 554. The minimum absolute atomic E-state index is 0.0382. The van der Waals surface area contributed by atoms with E-state index in [2.05, 4.69) is 29.2 Å². The van der Waals surface area contributed by atoms with Gasteiger partial charge in [0, 0.05) is 10.1 Å². The summed E-state index contributed by atoms with van der Waals surface area (Å²) >= 11 is 8.77. The van der Waals surface area contributed by atoms with Crippen LogP contribution >= 0.6 is 46.6 Å². The number of carbonyl (C=O) groups excluding carboxylic acids is 1. The summed E-state index contributed by atoms with van der Waals surface area (Å²) in [5.41, 5.74) is 1.01. The SMILES string of the molecule is C=CCN1C(=O)C(=Cc2cccc(I)c2)SC1=S. The van der Waals surface area contributed by atoms with Gasteiger partial charge < -0.3 is 0 Å². The molecule has 1 aromatic rings. The van der Waals surface area contributed by atoms with E-state index in [-0.39, 0.29) is 5.91 Å². The third-order valence-electron chi connectivity index (χ3n) is 2.33. The Morgan fingerprint density at radius 2 is 2.28 bits per heavy atom. The van der Waals surface area contributed by atoms with Crippen LogP contribution in [0.25, 0.3) is 6.08 Å². The number of benzene rings is 1. The van der Waals surface area contributed by atoms with Crippen molar-refractivity contribution in [2.24, 2.45) is 0 Å².